The van der Waals surface area contributed by atoms with Crippen molar-refractivity contribution >= 4 is 21.4 Å². The molecule has 0 spiro atoms. The molecule has 3 aromatic rings. The Hall–Kier alpha value is -1.96. The Labute approximate surface area is 132 Å². The summed E-state index contributed by atoms with van der Waals surface area (Å²) in [4.78, 5) is 9.99. The predicted molar refractivity (Wildman–Crippen MR) is 85.4 cm³/mol. The molecule has 3 aromatic heterocycles. The lowest BCUT2D eigenvalue weighted by molar-refractivity contribution is 0.439. The highest BCUT2D eigenvalue weighted by molar-refractivity contribution is 7.20. The van der Waals surface area contributed by atoms with Gasteiger partial charge in [0.1, 0.15) is 5.82 Å². The van der Waals surface area contributed by atoms with Crippen LogP contribution < -0.4 is 5.32 Å². The molecule has 0 radical (unpaired) electrons. The lowest BCUT2D eigenvalue weighted by Crippen LogP contribution is -2.32. The van der Waals surface area contributed by atoms with Crippen molar-refractivity contribution in [2.75, 3.05) is 5.32 Å². The highest BCUT2D eigenvalue weighted by atomic mass is 32.1. The maximum atomic E-state index is 4.62. The molecule has 0 saturated carbocycles. The van der Waals surface area contributed by atoms with Gasteiger partial charge >= 0.3 is 0 Å². The Morgan fingerprint density at radius 2 is 2.18 bits per heavy atom. The largest absolute Gasteiger partial charge is 0.355 e. The van der Waals surface area contributed by atoms with Crippen LogP contribution in [0.4, 0.5) is 5.13 Å². The zero-order valence-corrected chi connectivity index (χ0v) is 13.8. The van der Waals surface area contributed by atoms with Crippen LogP contribution in [0.5, 0.6) is 0 Å². The number of nitrogens with one attached hydrogen (secondary N) is 1. The number of anilines is 1. The van der Waals surface area contributed by atoms with Crippen molar-refractivity contribution < 1.29 is 0 Å². The predicted octanol–water partition coefficient (Wildman–Crippen LogP) is 2.24. The molecule has 0 aromatic carbocycles. The maximum Gasteiger partial charge on any atom is 0.214 e. The molecule has 1 N–H and O–H groups in total. The molecule has 4 heterocycles. The van der Waals surface area contributed by atoms with Gasteiger partial charge in [0.25, 0.3) is 0 Å². The van der Waals surface area contributed by atoms with E-state index in [2.05, 4.69) is 39.3 Å². The molecule has 22 heavy (non-hydrogen) atoms. The topological polar surface area (TPSA) is 72.9 Å². The van der Waals surface area contributed by atoms with Gasteiger partial charge in [-0.1, -0.05) is 25.2 Å². The smallest absolute Gasteiger partial charge is 0.214 e. The van der Waals surface area contributed by atoms with Crippen molar-refractivity contribution in [3.05, 3.63) is 23.5 Å². The van der Waals surface area contributed by atoms with Crippen LogP contribution in [-0.4, -0.2) is 35.4 Å². The van der Waals surface area contributed by atoms with E-state index in [1.54, 1.807) is 11.3 Å². The van der Waals surface area contributed by atoms with E-state index in [0.29, 0.717) is 12.0 Å². The van der Waals surface area contributed by atoms with Crippen molar-refractivity contribution in [3.63, 3.8) is 0 Å². The van der Waals surface area contributed by atoms with Crippen LogP contribution in [0.15, 0.2) is 6.20 Å². The van der Waals surface area contributed by atoms with E-state index in [-0.39, 0.29) is 0 Å². The number of hydrogen-bond acceptors (Lipinski definition) is 6. The molecule has 4 rings (SSSR count). The first-order valence-corrected chi connectivity index (χ1v) is 8.43. The molecule has 0 aliphatic carbocycles. The standard InChI is InChI=1S/C14H19N7S/c1-8(2)12-17-11-5-4-10(7-20(11)18-12)16-13-19-21-6-9(3)15-14(21)22-13/h6,8,10H,4-5,7H2,1-3H3,(H,16,19). The zero-order chi connectivity index (χ0) is 15.3. The summed E-state index contributed by atoms with van der Waals surface area (Å²) < 4.78 is 3.88. The van der Waals surface area contributed by atoms with E-state index in [9.17, 15) is 0 Å². The lowest BCUT2D eigenvalue weighted by Gasteiger charge is -2.22. The maximum absolute atomic E-state index is 4.62. The molecule has 7 nitrogen and oxygen atoms in total. The molecule has 116 valence electrons. The average Bonchev–Trinajstić information content (AvgIpc) is 3.10. The molecule has 1 aliphatic rings. The third-order valence-electron chi connectivity index (χ3n) is 3.88. The van der Waals surface area contributed by atoms with Gasteiger partial charge < -0.3 is 5.32 Å². The number of imidazole rings is 1. The Bertz CT molecular complexity index is 781. The van der Waals surface area contributed by atoms with Crippen molar-refractivity contribution in [1.82, 2.24) is 29.4 Å². The number of fused-ring (bicyclic) bond motifs is 2. The van der Waals surface area contributed by atoms with E-state index >= 15 is 0 Å². The van der Waals surface area contributed by atoms with Crippen LogP contribution in [0.2, 0.25) is 0 Å². The van der Waals surface area contributed by atoms with Gasteiger partial charge in [-0.05, 0) is 13.3 Å². The second-order valence-corrected chi connectivity index (χ2v) is 7.08. The van der Waals surface area contributed by atoms with Gasteiger partial charge in [-0.3, -0.25) is 0 Å². The van der Waals surface area contributed by atoms with Gasteiger partial charge in [-0.25, -0.2) is 19.2 Å². The van der Waals surface area contributed by atoms with Crippen molar-refractivity contribution in [1.29, 1.82) is 0 Å². The second kappa shape index (κ2) is 5.05. The van der Waals surface area contributed by atoms with Gasteiger partial charge in [0.05, 0.1) is 18.4 Å². The van der Waals surface area contributed by atoms with Gasteiger partial charge in [0.2, 0.25) is 10.1 Å². The van der Waals surface area contributed by atoms with Crippen LogP contribution in [-0.2, 0) is 13.0 Å². The summed E-state index contributed by atoms with van der Waals surface area (Å²) in [7, 11) is 0. The lowest BCUT2D eigenvalue weighted by atomic mass is 10.1. The summed E-state index contributed by atoms with van der Waals surface area (Å²) in [5.41, 5.74) is 0.997. The Morgan fingerprint density at radius 3 is 2.95 bits per heavy atom. The quantitative estimate of drug-likeness (QED) is 0.802. The number of nitrogens with zero attached hydrogens (tertiary/aromatic N) is 6. The van der Waals surface area contributed by atoms with Crippen LogP contribution in [0.1, 0.15) is 43.5 Å². The first-order chi connectivity index (χ1) is 10.6. The average molecular weight is 317 g/mol. The fraction of sp³-hybridized carbons (Fsp3) is 0.571. The normalized spacial score (nSPS) is 18.1. The first-order valence-electron chi connectivity index (χ1n) is 7.61. The van der Waals surface area contributed by atoms with Crippen LogP contribution in [0, 0.1) is 6.92 Å². The summed E-state index contributed by atoms with van der Waals surface area (Å²) in [6.07, 6.45) is 3.96. The third-order valence-corrected chi connectivity index (χ3v) is 4.74. The number of aryl methyl sites for hydroxylation is 2. The SMILES string of the molecule is Cc1cn2nc(NC3CCc4nc(C(C)C)nn4C3)sc2n1. The van der Waals surface area contributed by atoms with Crippen molar-refractivity contribution in [2.24, 2.45) is 0 Å². The molecule has 0 fully saturated rings. The fourth-order valence-corrected chi connectivity index (χ4v) is 3.64. The summed E-state index contributed by atoms with van der Waals surface area (Å²) in [5.74, 6) is 2.42. The first kappa shape index (κ1) is 13.7. The molecule has 0 saturated heterocycles. The highest BCUT2D eigenvalue weighted by Crippen LogP contribution is 2.23. The molecule has 0 amide bonds. The van der Waals surface area contributed by atoms with Gasteiger partial charge in [-0.15, -0.1) is 5.10 Å². The van der Waals surface area contributed by atoms with E-state index in [1.807, 2.05) is 22.3 Å². The minimum Gasteiger partial charge on any atom is -0.355 e. The van der Waals surface area contributed by atoms with Crippen LogP contribution in [0.25, 0.3) is 4.96 Å². The summed E-state index contributed by atoms with van der Waals surface area (Å²) >= 11 is 1.59. The van der Waals surface area contributed by atoms with Crippen molar-refractivity contribution in [2.45, 2.75) is 52.1 Å². The molecular weight excluding hydrogens is 298 g/mol. The molecular formula is C14H19N7S. The van der Waals surface area contributed by atoms with Crippen molar-refractivity contribution in [3.8, 4) is 0 Å². The minimum absolute atomic E-state index is 0.339. The molecule has 1 aliphatic heterocycles. The van der Waals surface area contributed by atoms with Crippen LogP contribution >= 0.6 is 11.3 Å². The number of hydrogen-bond donors (Lipinski definition) is 1. The third kappa shape index (κ3) is 2.37. The molecule has 1 unspecified atom stereocenters. The zero-order valence-electron chi connectivity index (χ0n) is 12.9. The Balaban J connectivity index is 1.50. The number of rotatable bonds is 3. The van der Waals surface area contributed by atoms with Crippen LogP contribution in [0.3, 0.4) is 0 Å². The minimum atomic E-state index is 0.339. The summed E-state index contributed by atoms with van der Waals surface area (Å²) in [6, 6.07) is 0.339. The van der Waals surface area contributed by atoms with Gasteiger partial charge in [0.15, 0.2) is 5.82 Å². The van der Waals surface area contributed by atoms with E-state index in [4.69, 9.17) is 0 Å². The van der Waals surface area contributed by atoms with E-state index in [0.717, 1.165) is 46.8 Å². The number of aromatic nitrogens is 6. The van der Waals surface area contributed by atoms with Gasteiger partial charge in [0, 0.05) is 18.4 Å². The molecule has 8 heteroatoms. The molecule has 1 atom stereocenters. The second-order valence-electron chi connectivity index (χ2n) is 6.12. The van der Waals surface area contributed by atoms with E-state index in [1.165, 1.54) is 0 Å². The van der Waals surface area contributed by atoms with Gasteiger partial charge in [-0.2, -0.15) is 5.10 Å². The fourth-order valence-electron chi connectivity index (χ4n) is 2.73. The Morgan fingerprint density at radius 1 is 1.32 bits per heavy atom. The van der Waals surface area contributed by atoms with E-state index < -0.39 is 0 Å². The Kier molecular flexibility index (Phi) is 3.14. The molecule has 0 bridgehead atoms. The highest BCUT2D eigenvalue weighted by Gasteiger charge is 2.23. The monoisotopic (exact) mass is 317 g/mol. The summed E-state index contributed by atoms with van der Waals surface area (Å²) in [5, 5.41) is 13.6. The summed E-state index contributed by atoms with van der Waals surface area (Å²) in [6.45, 7) is 7.08.